The highest BCUT2D eigenvalue weighted by Gasteiger charge is 2.35. The minimum absolute atomic E-state index is 0.0173. The highest BCUT2D eigenvalue weighted by atomic mass is 35.5. The van der Waals surface area contributed by atoms with E-state index in [0.29, 0.717) is 33.5 Å². The van der Waals surface area contributed by atoms with Gasteiger partial charge in [-0.15, -0.1) is 0 Å². The number of carbonyl (C=O) groups is 2. The molecule has 0 saturated heterocycles. The molecule has 248 valence electrons. The number of hydrogen-bond donors (Lipinski definition) is 1. The molecule has 2 amide bonds. The third-order valence-corrected chi connectivity index (χ3v) is 10.6. The zero-order valence-corrected chi connectivity index (χ0v) is 29.1. The molecule has 3 aromatic rings. The fourth-order valence-corrected chi connectivity index (χ4v) is 7.58. The van der Waals surface area contributed by atoms with Gasteiger partial charge < -0.3 is 19.7 Å². The van der Waals surface area contributed by atoms with Crippen LogP contribution in [-0.2, 0) is 26.2 Å². The standard InChI is InChI=1S/C34H41Cl2N3O6S/c1-6-30(34(41)37-25-9-7-8-10-25)38(20-24-11-13-28(35)29(36)18-24)33(40)21-39(26-16-22(2)15-23(3)17-26)46(42,43)27-12-14-31(44-4)32(19-27)45-5/h11-19,25,30H,6-10,20-21H2,1-5H3,(H,37,41)/t30-/m0/s1. The maximum Gasteiger partial charge on any atom is 0.264 e. The van der Waals surface area contributed by atoms with Gasteiger partial charge in [-0.2, -0.15) is 0 Å². The maximum absolute atomic E-state index is 14.4. The number of halogens is 2. The van der Waals surface area contributed by atoms with E-state index in [1.807, 2.05) is 26.8 Å². The van der Waals surface area contributed by atoms with Crippen LogP contribution in [0.1, 0.15) is 55.7 Å². The van der Waals surface area contributed by atoms with Crippen molar-refractivity contribution in [1.82, 2.24) is 10.2 Å². The largest absolute Gasteiger partial charge is 0.493 e. The van der Waals surface area contributed by atoms with Crippen molar-refractivity contribution in [3.8, 4) is 11.5 Å². The summed E-state index contributed by atoms with van der Waals surface area (Å²) >= 11 is 12.5. The Labute approximate surface area is 281 Å². The average Bonchev–Trinajstić information content (AvgIpc) is 3.53. The molecule has 0 unspecified atom stereocenters. The van der Waals surface area contributed by atoms with Crippen LogP contribution in [0.15, 0.2) is 59.5 Å². The molecule has 12 heteroatoms. The first kappa shape index (κ1) is 35.4. The van der Waals surface area contributed by atoms with Gasteiger partial charge in [-0.05, 0) is 86.2 Å². The molecule has 0 radical (unpaired) electrons. The van der Waals surface area contributed by atoms with Crippen molar-refractivity contribution in [1.29, 1.82) is 0 Å². The van der Waals surface area contributed by atoms with E-state index < -0.39 is 28.5 Å². The molecule has 1 fully saturated rings. The predicted molar refractivity (Wildman–Crippen MR) is 181 cm³/mol. The van der Waals surface area contributed by atoms with Gasteiger partial charge in [0.15, 0.2) is 11.5 Å². The highest BCUT2D eigenvalue weighted by molar-refractivity contribution is 7.92. The fraction of sp³-hybridized carbons (Fsp3) is 0.412. The van der Waals surface area contributed by atoms with E-state index in [-0.39, 0.29) is 29.1 Å². The van der Waals surface area contributed by atoms with Crippen LogP contribution in [0, 0.1) is 13.8 Å². The Kier molecular flexibility index (Phi) is 11.9. The van der Waals surface area contributed by atoms with Crippen molar-refractivity contribution in [3.63, 3.8) is 0 Å². The summed E-state index contributed by atoms with van der Waals surface area (Å²) in [5.41, 5.74) is 2.61. The Bertz CT molecular complexity index is 1660. The molecular weight excluding hydrogens is 649 g/mol. The van der Waals surface area contributed by atoms with Gasteiger partial charge in [0, 0.05) is 18.7 Å². The molecule has 9 nitrogen and oxygen atoms in total. The molecular formula is C34H41Cl2N3O6S. The van der Waals surface area contributed by atoms with Crippen molar-refractivity contribution in [2.45, 2.75) is 76.4 Å². The number of sulfonamides is 1. The predicted octanol–water partition coefficient (Wildman–Crippen LogP) is 6.69. The number of rotatable bonds is 13. The van der Waals surface area contributed by atoms with Crippen LogP contribution in [0.2, 0.25) is 10.0 Å². The number of amides is 2. The van der Waals surface area contributed by atoms with Gasteiger partial charge in [0.1, 0.15) is 12.6 Å². The quantitative estimate of drug-likeness (QED) is 0.214. The molecule has 0 heterocycles. The zero-order valence-electron chi connectivity index (χ0n) is 26.8. The van der Waals surface area contributed by atoms with Gasteiger partial charge in [0.25, 0.3) is 10.0 Å². The lowest BCUT2D eigenvalue weighted by Gasteiger charge is -2.34. The second-order valence-electron chi connectivity index (χ2n) is 11.6. The Hall–Kier alpha value is -3.47. The topological polar surface area (TPSA) is 105 Å². The van der Waals surface area contributed by atoms with Crippen molar-refractivity contribution in [2.75, 3.05) is 25.1 Å². The highest BCUT2D eigenvalue weighted by Crippen LogP contribution is 2.33. The third kappa shape index (κ3) is 8.27. The lowest BCUT2D eigenvalue weighted by atomic mass is 10.1. The molecule has 0 aliphatic heterocycles. The van der Waals surface area contributed by atoms with Gasteiger partial charge in [-0.3, -0.25) is 13.9 Å². The molecule has 1 aliphatic rings. The van der Waals surface area contributed by atoms with Crippen molar-refractivity contribution >= 4 is 50.7 Å². The van der Waals surface area contributed by atoms with E-state index >= 15 is 0 Å². The van der Waals surface area contributed by atoms with E-state index in [9.17, 15) is 18.0 Å². The van der Waals surface area contributed by atoms with Crippen LogP contribution in [0.3, 0.4) is 0 Å². The average molecular weight is 691 g/mol. The minimum Gasteiger partial charge on any atom is -0.493 e. The molecule has 3 aromatic carbocycles. The first-order valence-electron chi connectivity index (χ1n) is 15.2. The molecule has 0 aromatic heterocycles. The molecule has 1 aliphatic carbocycles. The first-order valence-corrected chi connectivity index (χ1v) is 17.4. The number of anilines is 1. The summed E-state index contributed by atoms with van der Waals surface area (Å²) in [6.45, 7) is 5.00. The molecule has 0 bridgehead atoms. The Balaban J connectivity index is 1.78. The van der Waals surface area contributed by atoms with Gasteiger partial charge >= 0.3 is 0 Å². The van der Waals surface area contributed by atoms with E-state index in [1.165, 1.54) is 37.3 Å². The SMILES string of the molecule is CC[C@@H](C(=O)NC1CCCC1)N(Cc1ccc(Cl)c(Cl)c1)C(=O)CN(c1cc(C)cc(C)c1)S(=O)(=O)c1ccc(OC)c(OC)c1. The number of aryl methyl sites for hydroxylation is 2. The van der Waals surface area contributed by atoms with Crippen LogP contribution in [0.25, 0.3) is 0 Å². The van der Waals surface area contributed by atoms with Crippen molar-refractivity contribution in [2.24, 2.45) is 0 Å². The molecule has 46 heavy (non-hydrogen) atoms. The second kappa shape index (κ2) is 15.4. The van der Waals surface area contributed by atoms with Crippen LogP contribution in [0.5, 0.6) is 11.5 Å². The van der Waals surface area contributed by atoms with Gasteiger partial charge in [-0.1, -0.05) is 55.1 Å². The van der Waals surface area contributed by atoms with Crippen LogP contribution in [0.4, 0.5) is 5.69 Å². The number of benzene rings is 3. The number of carbonyl (C=O) groups excluding carboxylic acids is 2. The fourth-order valence-electron chi connectivity index (χ4n) is 5.85. The molecule has 4 rings (SSSR count). The number of nitrogens with one attached hydrogen (secondary N) is 1. The molecule has 1 atom stereocenters. The van der Waals surface area contributed by atoms with E-state index in [2.05, 4.69) is 5.32 Å². The van der Waals surface area contributed by atoms with E-state index in [0.717, 1.165) is 41.1 Å². The Morgan fingerprint density at radius 2 is 1.57 bits per heavy atom. The summed E-state index contributed by atoms with van der Waals surface area (Å²) in [6.07, 6.45) is 4.15. The van der Waals surface area contributed by atoms with Crippen LogP contribution < -0.4 is 19.1 Å². The number of nitrogens with zero attached hydrogens (tertiary/aromatic N) is 2. The molecule has 1 saturated carbocycles. The molecule has 0 spiro atoms. The number of methoxy groups -OCH3 is 2. The van der Waals surface area contributed by atoms with E-state index in [1.54, 1.807) is 30.3 Å². The third-order valence-electron chi connectivity index (χ3n) is 8.14. The van der Waals surface area contributed by atoms with Gasteiger partial charge in [-0.25, -0.2) is 8.42 Å². The lowest BCUT2D eigenvalue weighted by molar-refractivity contribution is -0.140. The summed E-state index contributed by atoms with van der Waals surface area (Å²) in [4.78, 5) is 29.5. The smallest absolute Gasteiger partial charge is 0.264 e. The minimum atomic E-state index is -4.32. The van der Waals surface area contributed by atoms with E-state index in [4.69, 9.17) is 32.7 Å². The summed E-state index contributed by atoms with van der Waals surface area (Å²) in [5, 5.41) is 3.78. The van der Waals surface area contributed by atoms with Crippen LogP contribution >= 0.6 is 23.2 Å². The lowest BCUT2D eigenvalue weighted by Crippen LogP contribution is -2.53. The summed E-state index contributed by atoms with van der Waals surface area (Å²) in [7, 11) is -1.44. The van der Waals surface area contributed by atoms with Gasteiger partial charge in [0.2, 0.25) is 11.8 Å². The number of ether oxygens (including phenoxy) is 2. The van der Waals surface area contributed by atoms with Gasteiger partial charge in [0.05, 0.1) is 34.8 Å². The van der Waals surface area contributed by atoms with Crippen LogP contribution in [-0.4, -0.2) is 58.0 Å². The monoisotopic (exact) mass is 689 g/mol. The summed E-state index contributed by atoms with van der Waals surface area (Å²) in [6, 6.07) is 13.8. The summed E-state index contributed by atoms with van der Waals surface area (Å²) < 4.78 is 40.5. The number of hydrogen-bond acceptors (Lipinski definition) is 6. The summed E-state index contributed by atoms with van der Waals surface area (Å²) in [5.74, 6) is -0.236. The van der Waals surface area contributed by atoms with Crippen molar-refractivity contribution in [3.05, 3.63) is 81.3 Å². The zero-order chi connectivity index (χ0) is 33.6. The Morgan fingerprint density at radius 1 is 0.913 bits per heavy atom. The first-order chi connectivity index (χ1) is 21.9. The normalized spacial score (nSPS) is 14.1. The Morgan fingerprint density at radius 3 is 2.15 bits per heavy atom. The maximum atomic E-state index is 14.4. The molecule has 1 N–H and O–H groups in total. The van der Waals surface area contributed by atoms with Crippen molar-refractivity contribution < 1.29 is 27.5 Å². The second-order valence-corrected chi connectivity index (χ2v) is 14.2.